The fraction of sp³-hybridized carbons (Fsp3) is 0.957. The summed E-state index contributed by atoms with van der Waals surface area (Å²) in [5.74, 6) is 0. The van der Waals surface area contributed by atoms with Crippen LogP contribution in [-0.2, 0) is 4.74 Å². The van der Waals surface area contributed by atoms with Gasteiger partial charge in [-0.05, 0) is 0 Å². The minimum atomic E-state index is -0.347. The molecule has 0 amide bonds. The van der Waals surface area contributed by atoms with Gasteiger partial charge in [-0.15, -0.1) is 0 Å². The number of hydrogen-bond acceptors (Lipinski definition) is 2. The van der Waals surface area contributed by atoms with Crippen LogP contribution in [0.5, 0.6) is 0 Å². The maximum absolute atomic E-state index is 11.4. The van der Waals surface area contributed by atoms with Crippen LogP contribution in [0.1, 0.15) is 129 Å². The van der Waals surface area contributed by atoms with Crippen molar-refractivity contribution >= 4 is 3.98 Å². The van der Waals surface area contributed by atoms with Crippen LogP contribution in [0, 0.1) is 0 Å². The molecule has 0 unspecified atom stereocenters. The van der Waals surface area contributed by atoms with Gasteiger partial charge in [0, 0.05) is 0 Å². The van der Waals surface area contributed by atoms with Gasteiger partial charge in [0.05, 0.1) is 0 Å². The summed E-state index contributed by atoms with van der Waals surface area (Å²) in [5, 5.41) is 0. The molecule has 0 atom stereocenters. The van der Waals surface area contributed by atoms with Crippen LogP contribution >= 0.6 is 0 Å². The number of halogens is 1. The van der Waals surface area contributed by atoms with E-state index in [1.165, 1.54) is 103 Å². The zero-order valence-corrected chi connectivity index (χ0v) is 20.0. The molecular formula is C23H46IO2-. The Morgan fingerprint density at radius 1 is 0.577 bits per heavy atom. The van der Waals surface area contributed by atoms with Gasteiger partial charge >= 0.3 is 117 Å². The van der Waals surface area contributed by atoms with Gasteiger partial charge < -0.3 is 0 Å². The van der Waals surface area contributed by atoms with Crippen molar-refractivity contribution in [2.24, 2.45) is 0 Å². The summed E-state index contributed by atoms with van der Waals surface area (Å²) in [5.41, 5.74) is 0. The molecule has 0 aliphatic heterocycles. The quantitative estimate of drug-likeness (QED) is 0.0966. The van der Waals surface area contributed by atoms with E-state index in [1.807, 2.05) is 0 Å². The third-order valence-corrected chi connectivity index (χ3v) is 7.41. The van der Waals surface area contributed by atoms with E-state index in [1.54, 1.807) is 0 Å². The van der Waals surface area contributed by atoms with E-state index in [0.29, 0.717) is 6.61 Å². The molecule has 0 aromatic heterocycles. The third-order valence-electron chi connectivity index (χ3n) is 4.86. The molecule has 0 aliphatic rings. The van der Waals surface area contributed by atoms with Crippen molar-refractivity contribution in [3.63, 3.8) is 0 Å². The van der Waals surface area contributed by atoms with Gasteiger partial charge in [0.25, 0.3) is 0 Å². The fourth-order valence-corrected chi connectivity index (χ4v) is 4.61. The normalized spacial score (nSPS) is 11.2. The van der Waals surface area contributed by atoms with E-state index in [-0.39, 0.29) is 25.2 Å². The number of rotatable bonds is 21. The molecule has 0 aliphatic carbocycles. The van der Waals surface area contributed by atoms with Crippen molar-refractivity contribution in [3.05, 3.63) is 0 Å². The molecule has 0 aromatic carbocycles. The molecule has 0 rings (SSSR count). The second-order valence-corrected chi connectivity index (χ2v) is 10.3. The second-order valence-electron chi connectivity index (χ2n) is 7.57. The standard InChI is InChI=1S/C23H46IO2/c1-3-5-6-7-8-9-10-11-12-13-14-15-16-17-18-19-20-22-26-23(25)24-21-4-2/h3-22H2,1-2H3/q-1. The van der Waals surface area contributed by atoms with E-state index in [2.05, 4.69) is 13.8 Å². The first-order valence-corrected chi connectivity index (χ1v) is 14.2. The summed E-state index contributed by atoms with van der Waals surface area (Å²) in [6, 6.07) is 0. The van der Waals surface area contributed by atoms with Crippen LogP contribution in [0.15, 0.2) is 0 Å². The van der Waals surface area contributed by atoms with E-state index >= 15 is 0 Å². The molecule has 0 aromatic rings. The van der Waals surface area contributed by atoms with E-state index in [0.717, 1.165) is 17.3 Å². The van der Waals surface area contributed by atoms with E-state index < -0.39 is 0 Å². The summed E-state index contributed by atoms with van der Waals surface area (Å²) in [6.45, 7) is 5.07. The Hall–Kier alpha value is 0.200. The molecule has 2 nitrogen and oxygen atoms in total. The van der Waals surface area contributed by atoms with Gasteiger partial charge in [-0.1, -0.05) is 58.3 Å². The second kappa shape index (κ2) is 23.2. The van der Waals surface area contributed by atoms with E-state index in [4.69, 9.17) is 4.74 Å². The summed E-state index contributed by atoms with van der Waals surface area (Å²) in [4.78, 5) is 11.4. The van der Waals surface area contributed by atoms with Gasteiger partial charge in [-0.3, -0.25) is 0 Å². The van der Waals surface area contributed by atoms with Crippen molar-refractivity contribution in [2.75, 3.05) is 11.0 Å². The minimum absolute atomic E-state index is 0.0992. The Morgan fingerprint density at radius 3 is 1.35 bits per heavy atom. The molecule has 3 heteroatoms. The molecule has 26 heavy (non-hydrogen) atoms. The SMILES string of the molecule is CCCCCCCCCCCCCCCCCCCOC(=O)[I-]CCC. The number of carbonyl (C=O) groups excluding carboxylic acids is 1. The van der Waals surface area contributed by atoms with Crippen LogP contribution in [0.3, 0.4) is 0 Å². The van der Waals surface area contributed by atoms with Crippen molar-refractivity contribution in [3.8, 4) is 0 Å². The van der Waals surface area contributed by atoms with Crippen LogP contribution in [0.4, 0.5) is 4.79 Å². The summed E-state index contributed by atoms with van der Waals surface area (Å²) >= 11 is -0.347. The Balaban J connectivity index is 3.04. The van der Waals surface area contributed by atoms with Gasteiger partial charge in [-0.2, -0.15) is 0 Å². The number of ether oxygens (including phenoxy) is 1. The van der Waals surface area contributed by atoms with Gasteiger partial charge in [0.1, 0.15) is 0 Å². The maximum atomic E-state index is 11.4. The summed E-state index contributed by atoms with van der Waals surface area (Å²) in [6.07, 6.45) is 24.7. The molecule has 0 saturated heterocycles. The van der Waals surface area contributed by atoms with Gasteiger partial charge in [-0.25, -0.2) is 0 Å². The molecule has 0 radical (unpaired) electrons. The Labute approximate surface area is 174 Å². The Morgan fingerprint density at radius 2 is 0.962 bits per heavy atom. The first kappa shape index (κ1) is 26.2. The van der Waals surface area contributed by atoms with Gasteiger partial charge in [0.2, 0.25) is 0 Å². The van der Waals surface area contributed by atoms with Crippen molar-refractivity contribution in [1.29, 1.82) is 0 Å². The zero-order chi connectivity index (χ0) is 19.1. The Kier molecular flexibility index (Phi) is 23.4. The van der Waals surface area contributed by atoms with Crippen molar-refractivity contribution < 1.29 is 30.7 Å². The van der Waals surface area contributed by atoms with Gasteiger partial charge in [0.15, 0.2) is 0 Å². The number of unbranched alkanes of at least 4 members (excludes halogenated alkanes) is 16. The van der Waals surface area contributed by atoms with Crippen molar-refractivity contribution in [1.82, 2.24) is 0 Å². The molecule has 0 N–H and O–H groups in total. The van der Waals surface area contributed by atoms with Crippen LogP contribution in [0.25, 0.3) is 0 Å². The predicted octanol–water partition coefficient (Wildman–Crippen LogP) is 5.27. The Bertz CT molecular complexity index is 281. The molecule has 0 fully saturated rings. The fourth-order valence-electron chi connectivity index (χ4n) is 3.19. The van der Waals surface area contributed by atoms with Crippen molar-refractivity contribution in [2.45, 2.75) is 129 Å². The first-order chi connectivity index (χ1) is 12.8. The summed E-state index contributed by atoms with van der Waals surface area (Å²) in [7, 11) is 0. The monoisotopic (exact) mass is 481 g/mol. The number of alkyl halides is 1. The molecule has 0 spiro atoms. The molecule has 0 bridgehead atoms. The average Bonchev–Trinajstić information content (AvgIpc) is 2.65. The third kappa shape index (κ3) is 22.2. The average molecular weight is 482 g/mol. The predicted molar refractivity (Wildman–Crippen MR) is 111 cm³/mol. The van der Waals surface area contributed by atoms with Crippen LogP contribution in [0.2, 0.25) is 0 Å². The topological polar surface area (TPSA) is 26.3 Å². The molecule has 0 heterocycles. The molecule has 0 saturated carbocycles. The molecule has 158 valence electrons. The van der Waals surface area contributed by atoms with Crippen LogP contribution < -0.4 is 21.2 Å². The zero-order valence-electron chi connectivity index (χ0n) is 17.8. The first-order valence-electron chi connectivity index (χ1n) is 11.6. The summed E-state index contributed by atoms with van der Waals surface area (Å²) < 4.78 is 6.44. The number of carbonyl (C=O) groups is 1. The number of hydrogen-bond donors (Lipinski definition) is 0. The van der Waals surface area contributed by atoms with E-state index in [9.17, 15) is 4.79 Å². The molecular weight excluding hydrogens is 435 g/mol. The van der Waals surface area contributed by atoms with Crippen LogP contribution in [-0.4, -0.2) is 15.0 Å².